The van der Waals surface area contributed by atoms with E-state index in [2.05, 4.69) is 18.7 Å². The summed E-state index contributed by atoms with van der Waals surface area (Å²) >= 11 is 0. The highest BCUT2D eigenvalue weighted by Crippen LogP contribution is 2.70. The van der Waals surface area contributed by atoms with Crippen LogP contribution in [0, 0.1) is 17.3 Å². The van der Waals surface area contributed by atoms with E-state index in [-0.39, 0.29) is 24.5 Å². The molecule has 0 aliphatic heterocycles. The van der Waals surface area contributed by atoms with Gasteiger partial charge in [-0.1, -0.05) is 50.6 Å². The van der Waals surface area contributed by atoms with E-state index in [9.17, 15) is 23.1 Å². The number of alkyl halides is 5. The monoisotopic (exact) mass is 551 g/mol. The van der Waals surface area contributed by atoms with Crippen molar-refractivity contribution in [3.8, 4) is 0 Å². The molecule has 0 amide bonds. The number of nitrogens with zero attached hydrogens (tertiary/aromatic N) is 1. The van der Waals surface area contributed by atoms with Crippen LogP contribution >= 0.6 is 0 Å². The van der Waals surface area contributed by atoms with Gasteiger partial charge < -0.3 is 5.11 Å². The van der Waals surface area contributed by atoms with Gasteiger partial charge >= 0.3 is 12.1 Å². The van der Waals surface area contributed by atoms with Gasteiger partial charge in [-0.3, -0.25) is 9.69 Å². The highest BCUT2D eigenvalue weighted by atomic mass is 19.4. The maximum absolute atomic E-state index is 15.1. The van der Waals surface area contributed by atoms with Gasteiger partial charge in [0.15, 0.2) is 5.78 Å². The standard InChI is InChI=1S/C31H38F5NO2/c1-4-37(5-2)18-19-6-8-20(9-7-19)25-17-28(3)26(14-15-29(28,39)30(32,33)31(34,35)36)24-12-10-21-16-22(38)11-13-23(21)27(24)25/h6-9,16,24-26,39H,4-5,10-15,17-18H2,1-3H3/t24-,25+,26-,28-,29-/m0/s1. The van der Waals surface area contributed by atoms with Crippen LogP contribution in [-0.2, 0) is 11.3 Å². The topological polar surface area (TPSA) is 40.5 Å². The fraction of sp³-hybridized carbons (Fsp3) is 0.645. The molecule has 0 unspecified atom stereocenters. The smallest absolute Gasteiger partial charge is 0.383 e. The Labute approximate surface area is 227 Å². The highest BCUT2D eigenvalue weighted by Gasteiger charge is 2.79. The van der Waals surface area contributed by atoms with Gasteiger partial charge in [-0.25, -0.2) is 0 Å². The first kappa shape index (κ1) is 28.5. The lowest BCUT2D eigenvalue weighted by atomic mass is 9.50. The summed E-state index contributed by atoms with van der Waals surface area (Å²) in [6.45, 7) is 8.21. The number of rotatable bonds is 6. The van der Waals surface area contributed by atoms with Crippen LogP contribution in [0.15, 0.2) is 47.1 Å². The summed E-state index contributed by atoms with van der Waals surface area (Å²) in [5.74, 6) is -6.24. The molecule has 2 saturated carbocycles. The lowest BCUT2D eigenvalue weighted by molar-refractivity contribution is -0.362. The largest absolute Gasteiger partial charge is 0.456 e. The van der Waals surface area contributed by atoms with Gasteiger partial charge in [-0.15, -0.1) is 0 Å². The molecular formula is C31H38F5NO2. The molecule has 0 bridgehead atoms. The molecule has 5 atom stereocenters. The van der Waals surface area contributed by atoms with Gasteiger partial charge in [0.25, 0.3) is 0 Å². The van der Waals surface area contributed by atoms with Crippen molar-refractivity contribution in [2.75, 3.05) is 13.1 Å². The van der Waals surface area contributed by atoms with Crippen LogP contribution in [0.3, 0.4) is 0 Å². The van der Waals surface area contributed by atoms with Gasteiger partial charge in [-0.05, 0) is 91.8 Å². The van der Waals surface area contributed by atoms with E-state index in [1.165, 1.54) is 6.92 Å². The Morgan fingerprint density at radius 1 is 1.00 bits per heavy atom. The van der Waals surface area contributed by atoms with Crippen molar-refractivity contribution in [3.05, 3.63) is 58.2 Å². The van der Waals surface area contributed by atoms with Gasteiger partial charge in [0.1, 0.15) is 5.60 Å². The third-order valence-corrected chi connectivity index (χ3v) is 10.4. The summed E-state index contributed by atoms with van der Waals surface area (Å²) in [7, 11) is 0. The quantitative estimate of drug-likeness (QED) is 0.376. The number of hydrogen-bond donors (Lipinski definition) is 1. The maximum Gasteiger partial charge on any atom is 0.456 e. The minimum atomic E-state index is -5.84. The molecule has 2 fully saturated rings. The number of ketones is 1. The Hall–Kier alpha value is -2.06. The van der Waals surface area contributed by atoms with Crippen LogP contribution in [0.2, 0.25) is 0 Å². The molecule has 1 aromatic rings. The predicted molar refractivity (Wildman–Crippen MR) is 139 cm³/mol. The van der Waals surface area contributed by atoms with Crippen molar-refractivity contribution >= 4 is 5.78 Å². The molecule has 0 heterocycles. The van der Waals surface area contributed by atoms with Gasteiger partial charge in [0, 0.05) is 24.3 Å². The molecule has 0 spiro atoms. The Kier molecular flexibility index (Phi) is 7.15. The van der Waals surface area contributed by atoms with Crippen LogP contribution in [0.5, 0.6) is 0 Å². The van der Waals surface area contributed by atoms with Crippen LogP contribution < -0.4 is 0 Å². The van der Waals surface area contributed by atoms with Crippen molar-refractivity contribution in [1.29, 1.82) is 0 Å². The molecule has 4 aliphatic carbocycles. The van der Waals surface area contributed by atoms with E-state index < -0.39 is 41.4 Å². The molecule has 5 rings (SSSR count). The third kappa shape index (κ3) is 4.32. The Morgan fingerprint density at radius 3 is 2.28 bits per heavy atom. The third-order valence-electron chi connectivity index (χ3n) is 10.4. The molecule has 8 heteroatoms. The first-order valence-electron chi connectivity index (χ1n) is 14.2. The summed E-state index contributed by atoms with van der Waals surface area (Å²) in [6, 6.07) is 7.97. The van der Waals surface area contributed by atoms with Crippen LogP contribution in [-0.4, -0.2) is 46.6 Å². The number of hydrogen-bond acceptors (Lipinski definition) is 3. The van der Waals surface area contributed by atoms with Crippen molar-refractivity contribution < 1.29 is 31.9 Å². The van der Waals surface area contributed by atoms with E-state index in [0.717, 1.165) is 47.5 Å². The Morgan fingerprint density at radius 2 is 1.67 bits per heavy atom. The number of benzene rings is 1. The maximum atomic E-state index is 15.1. The summed E-state index contributed by atoms with van der Waals surface area (Å²) in [6.07, 6.45) is -2.47. The second-order valence-electron chi connectivity index (χ2n) is 12.2. The Balaban J connectivity index is 1.62. The number of fused-ring (bicyclic) bond motifs is 4. The van der Waals surface area contributed by atoms with Crippen LogP contribution in [0.4, 0.5) is 22.0 Å². The number of allylic oxidation sites excluding steroid dienone is 4. The van der Waals surface area contributed by atoms with E-state index in [4.69, 9.17) is 0 Å². The predicted octanol–water partition coefficient (Wildman–Crippen LogP) is 7.36. The molecule has 0 saturated heterocycles. The molecular weight excluding hydrogens is 513 g/mol. The highest BCUT2D eigenvalue weighted by molar-refractivity contribution is 5.93. The van der Waals surface area contributed by atoms with E-state index in [1.54, 1.807) is 6.08 Å². The minimum Gasteiger partial charge on any atom is -0.383 e. The van der Waals surface area contributed by atoms with E-state index in [0.29, 0.717) is 25.7 Å². The fourth-order valence-electron chi connectivity index (χ4n) is 8.28. The number of carbonyl (C=O) groups excluding carboxylic acids is 1. The first-order chi connectivity index (χ1) is 18.3. The van der Waals surface area contributed by atoms with Crippen molar-refractivity contribution in [2.24, 2.45) is 17.3 Å². The van der Waals surface area contributed by atoms with Crippen LogP contribution in [0.25, 0.3) is 0 Å². The van der Waals surface area contributed by atoms with Gasteiger partial charge in [0.2, 0.25) is 0 Å². The SMILES string of the molecule is CCN(CC)Cc1ccc([C@H]2C[C@@]3(C)[C@@H](CC[C@@]3(O)C(F)(F)C(F)(F)F)[C@@H]3CCC4=CC(=O)CCC4=C32)cc1. The summed E-state index contributed by atoms with van der Waals surface area (Å²) in [5.41, 5.74) is 0.327. The van der Waals surface area contributed by atoms with Crippen LogP contribution in [0.1, 0.15) is 82.8 Å². The van der Waals surface area contributed by atoms with Crippen molar-refractivity contribution in [3.63, 3.8) is 0 Å². The molecule has 4 aliphatic rings. The average Bonchev–Trinajstić information content (AvgIpc) is 3.17. The zero-order chi connectivity index (χ0) is 28.4. The Bertz CT molecular complexity index is 1180. The number of halogens is 5. The fourth-order valence-corrected chi connectivity index (χ4v) is 8.28. The number of carbonyl (C=O) groups is 1. The zero-order valence-electron chi connectivity index (χ0n) is 22.9. The molecule has 0 radical (unpaired) electrons. The summed E-state index contributed by atoms with van der Waals surface area (Å²) in [5, 5.41) is 11.4. The average molecular weight is 552 g/mol. The minimum absolute atomic E-state index is 0.00574. The summed E-state index contributed by atoms with van der Waals surface area (Å²) < 4.78 is 71.4. The zero-order valence-corrected chi connectivity index (χ0v) is 22.9. The number of aliphatic hydroxyl groups is 1. The van der Waals surface area contributed by atoms with Gasteiger partial charge in [-0.2, -0.15) is 22.0 Å². The molecule has 214 valence electrons. The molecule has 3 nitrogen and oxygen atoms in total. The van der Waals surface area contributed by atoms with Crippen molar-refractivity contribution in [1.82, 2.24) is 4.90 Å². The normalized spacial score (nSPS) is 33.1. The second-order valence-corrected chi connectivity index (χ2v) is 12.2. The first-order valence-corrected chi connectivity index (χ1v) is 14.2. The lowest BCUT2D eigenvalue weighted by Crippen LogP contribution is -2.65. The van der Waals surface area contributed by atoms with Crippen molar-refractivity contribution in [2.45, 2.75) is 95.9 Å². The summed E-state index contributed by atoms with van der Waals surface area (Å²) in [4.78, 5) is 14.5. The van der Waals surface area contributed by atoms with E-state index in [1.807, 2.05) is 24.3 Å². The molecule has 1 N–H and O–H groups in total. The molecule has 39 heavy (non-hydrogen) atoms. The molecule has 1 aromatic carbocycles. The second kappa shape index (κ2) is 9.79. The molecule has 0 aromatic heterocycles. The van der Waals surface area contributed by atoms with E-state index >= 15 is 8.78 Å². The van der Waals surface area contributed by atoms with Gasteiger partial charge in [0.05, 0.1) is 0 Å². The lowest BCUT2D eigenvalue weighted by Gasteiger charge is -2.56.